The van der Waals surface area contributed by atoms with E-state index in [1.165, 1.54) is 6.07 Å². The second-order valence-electron chi connectivity index (χ2n) is 5.38. The monoisotopic (exact) mass is 388 g/mol. The van der Waals surface area contributed by atoms with Crippen LogP contribution in [0.2, 0.25) is 0 Å². The molecule has 0 bridgehead atoms. The first-order valence-corrected chi connectivity index (χ1v) is 7.33. The Labute approximate surface area is 195 Å². The number of rotatable bonds is 4. The van der Waals surface area contributed by atoms with Crippen LogP contribution in [0.5, 0.6) is 0 Å². The molecule has 0 saturated heterocycles. The van der Waals surface area contributed by atoms with Crippen molar-refractivity contribution in [3.05, 3.63) is 55.7 Å². The molecule has 0 atom stereocenters. The van der Waals surface area contributed by atoms with Crippen LogP contribution in [0.3, 0.4) is 0 Å². The Kier molecular flexibility index (Phi) is 8.03. The Balaban J connectivity index is 0.00000182. The summed E-state index contributed by atoms with van der Waals surface area (Å²) in [5.41, 5.74) is -1.26. The van der Waals surface area contributed by atoms with Crippen LogP contribution in [0.25, 0.3) is 21.9 Å². The molecule has 10 heteroatoms. The van der Waals surface area contributed by atoms with E-state index in [1.54, 1.807) is 6.92 Å². The minimum absolute atomic E-state index is 0. The van der Waals surface area contributed by atoms with Crippen molar-refractivity contribution in [2.75, 3.05) is 0 Å². The summed E-state index contributed by atoms with van der Waals surface area (Å²) in [4.78, 5) is 46.5. The van der Waals surface area contributed by atoms with Crippen LogP contribution in [0.4, 0.5) is 0 Å². The molecule has 0 N–H and O–H groups in total. The third kappa shape index (κ3) is 4.37. The molecule has 128 valence electrons. The maximum Gasteiger partial charge on any atom is 1.00 e. The average Bonchev–Trinajstić information content (AvgIpc) is 2.55. The maximum atomic E-state index is 12.2. The number of carboxylic acids is 2. The van der Waals surface area contributed by atoms with Gasteiger partial charge in [0.2, 0.25) is 0 Å². The third-order valence-corrected chi connectivity index (χ3v) is 3.71. The average molecular weight is 388 g/mol. The number of benzene rings is 1. The van der Waals surface area contributed by atoms with Crippen molar-refractivity contribution in [3.8, 4) is 0 Å². The number of carbonyl (C=O) groups excluding carboxylic acids is 2. The summed E-state index contributed by atoms with van der Waals surface area (Å²) in [6.07, 6.45) is 0.791. The molecule has 0 spiro atoms. The standard InChI is InChI=1S/C17H12O8.2Na/c1-2-3-7-14-8(10(18)5-12(24-14)16(20)21)4-9-11(19)6-13(17(22)23)25-15(7)9;;/h4-6H,2-3H2,1H3,(H,20,21)(H,22,23);;/q;2*+1/p-2. The summed E-state index contributed by atoms with van der Waals surface area (Å²) in [5, 5.41) is 22.0. The van der Waals surface area contributed by atoms with Gasteiger partial charge in [0.1, 0.15) is 23.1 Å². The molecule has 0 radical (unpaired) electrons. The molecule has 0 fully saturated rings. The van der Waals surface area contributed by atoms with Crippen LogP contribution in [-0.4, -0.2) is 11.9 Å². The molecule has 27 heavy (non-hydrogen) atoms. The van der Waals surface area contributed by atoms with E-state index in [1.807, 2.05) is 0 Å². The first-order valence-electron chi connectivity index (χ1n) is 7.33. The molecule has 0 aliphatic heterocycles. The maximum absolute atomic E-state index is 12.2. The molecule has 0 amide bonds. The van der Waals surface area contributed by atoms with Crippen LogP contribution < -0.4 is 80.2 Å². The minimum Gasteiger partial charge on any atom is -0.542 e. The molecular formula is C17H10Na2O8. The van der Waals surface area contributed by atoms with Crippen molar-refractivity contribution in [1.82, 2.24) is 0 Å². The fourth-order valence-electron chi connectivity index (χ4n) is 2.65. The molecule has 0 aliphatic carbocycles. The molecular weight excluding hydrogens is 378 g/mol. The molecule has 0 unspecified atom stereocenters. The van der Waals surface area contributed by atoms with E-state index in [4.69, 9.17) is 8.83 Å². The Hall–Kier alpha value is -1.42. The van der Waals surface area contributed by atoms with Crippen LogP contribution >= 0.6 is 0 Å². The van der Waals surface area contributed by atoms with Gasteiger partial charge in [-0.25, -0.2) is 0 Å². The zero-order chi connectivity index (χ0) is 18.3. The van der Waals surface area contributed by atoms with Crippen molar-refractivity contribution < 1.29 is 87.8 Å². The quantitative estimate of drug-likeness (QED) is 0.317. The molecule has 1 aromatic carbocycles. The topological polar surface area (TPSA) is 141 Å². The van der Waals surface area contributed by atoms with Crippen molar-refractivity contribution in [3.63, 3.8) is 0 Å². The summed E-state index contributed by atoms with van der Waals surface area (Å²) < 4.78 is 10.5. The second kappa shape index (κ2) is 9.18. The van der Waals surface area contributed by atoms with Gasteiger partial charge >= 0.3 is 59.1 Å². The number of hydrogen-bond acceptors (Lipinski definition) is 8. The third-order valence-electron chi connectivity index (χ3n) is 3.71. The Morgan fingerprint density at radius 2 is 1.26 bits per heavy atom. The number of aryl methyl sites for hydroxylation is 1. The predicted molar refractivity (Wildman–Crippen MR) is 81.2 cm³/mol. The van der Waals surface area contributed by atoms with Gasteiger partial charge in [0.25, 0.3) is 0 Å². The van der Waals surface area contributed by atoms with Gasteiger partial charge in [-0.3, -0.25) is 9.59 Å². The normalized spacial score (nSPS) is 10.3. The summed E-state index contributed by atoms with van der Waals surface area (Å²) in [7, 11) is 0. The first kappa shape index (κ1) is 23.6. The zero-order valence-electron chi connectivity index (χ0n) is 14.9. The molecule has 2 aromatic heterocycles. The largest absolute Gasteiger partial charge is 1.00 e. The van der Waals surface area contributed by atoms with E-state index in [0.717, 1.165) is 12.1 Å². The SMILES string of the molecule is CCCc1c2oc(C(=O)[O-])cc(=O)c2cc2c(=O)cc(C(=O)[O-])oc12.[Na+].[Na+]. The van der Waals surface area contributed by atoms with Gasteiger partial charge in [-0.15, -0.1) is 0 Å². The molecule has 3 aromatic rings. The van der Waals surface area contributed by atoms with Gasteiger partial charge in [0, 0.05) is 17.7 Å². The van der Waals surface area contributed by atoms with Crippen LogP contribution in [0.15, 0.2) is 36.6 Å². The number of hydrogen-bond donors (Lipinski definition) is 0. The summed E-state index contributed by atoms with van der Waals surface area (Å²) in [6, 6.07) is 2.71. The zero-order valence-corrected chi connectivity index (χ0v) is 18.9. The second-order valence-corrected chi connectivity index (χ2v) is 5.38. The van der Waals surface area contributed by atoms with Crippen molar-refractivity contribution >= 4 is 33.9 Å². The minimum atomic E-state index is -1.67. The fourth-order valence-corrected chi connectivity index (χ4v) is 2.65. The van der Waals surface area contributed by atoms with Gasteiger partial charge < -0.3 is 28.6 Å². The van der Waals surface area contributed by atoms with E-state index in [-0.39, 0.29) is 93.0 Å². The number of fused-ring (bicyclic) bond motifs is 2. The molecule has 0 saturated carbocycles. The smallest absolute Gasteiger partial charge is 0.542 e. The first-order chi connectivity index (χ1) is 11.8. The van der Waals surface area contributed by atoms with E-state index in [2.05, 4.69) is 0 Å². The van der Waals surface area contributed by atoms with Crippen LogP contribution in [-0.2, 0) is 6.42 Å². The van der Waals surface area contributed by atoms with Crippen molar-refractivity contribution in [2.24, 2.45) is 0 Å². The molecule has 0 aliphatic rings. The van der Waals surface area contributed by atoms with Gasteiger partial charge in [0.05, 0.1) is 10.8 Å². The molecule has 8 nitrogen and oxygen atoms in total. The van der Waals surface area contributed by atoms with E-state index < -0.39 is 34.3 Å². The Bertz CT molecular complexity index is 1070. The van der Waals surface area contributed by atoms with Gasteiger partial charge in [-0.2, -0.15) is 0 Å². The van der Waals surface area contributed by atoms with Crippen molar-refractivity contribution in [2.45, 2.75) is 19.8 Å². The van der Waals surface area contributed by atoms with Gasteiger partial charge in [-0.05, 0) is 12.5 Å². The van der Waals surface area contributed by atoms with E-state index in [9.17, 15) is 29.4 Å². The molecule has 2 heterocycles. The Morgan fingerprint density at radius 1 is 0.852 bits per heavy atom. The number of carbonyl (C=O) groups is 2. The summed E-state index contributed by atoms with van der Waals surface area (Å²) >= 11 is 0. The van der Waals surface area contributed by atoms with Gasteiger partial charge in [-0.1, -0.05) is 13.3 Å². The van der Waals surface area contributed by atoms with Crippen LogP contribution in [0.1, 0.15) is 40.0 Å². The summed E-state index contributed by atoms with van der Waals surface area (Å²) in [5.74, 6) is -4.70. The van der Waals surface area contributed by atoms with Crippen LogP contribution in [0, 0.1) is 0 Å². The predicted octanol–water partition coefficient (Wildman–Crippen LogP) is -6.41. The number of carboxylic acid groups (broad SMARTS) is 2. The van der Waals surface area contributed by atoms with Crippen molar-refractivity contribution in [1.29, 1.82) is 0 Å². The summed E-state index contributed by atoms with van der Waals surface area (Å²) in [6.45, 7) is 1.80. The van der Waals surface area contributed by atoms with E-state index in [0.29, 0.717) is 6.42 Å². The van der Waals surface area contributed by atoms with Gasteiger partial charge in [0.15, 0.2) is 22.4 Å². The van der Waals surface area contributed by atoms with E-state index >= 15 is 0 Å². The molecule has 3 rings (SSSR count). The Morgan fingerprint density at radius 3 is 1.59 bits per heavy atom. The number of aromatic carboxylic acids is 2. The fraction of sp³-hybridized carbons (Fsp3) is 0.176.